The van der Waals surface area contributed by atoms with Crippen LogP contribution in [0.2, 0.25) is 0 Å². The fourth-order valence-corrected chi connectivity index (χ4v) is 3.01. The second-order valence-electron chi connectivity index (χ2n) is 6.43. The maximum atomic E-state index is 13.3. The molecule has 26 heavy (non-hydrogen) atoms. The van der Waals surface area contributed by atoms with Crippen molar-refractivity contribution in [1.82, 2.24) is 4.90 Å². The second kappa shape index (κ2) is 8.78. The minimum atomic E-state index is -0.237. The zero-order valence-electron chi connectivity index (χ0n) is 15.0. The first-order chi connectivity index (χ1) is 12.6. The highest BCUT2D eigenvalue weighted by Gasteiger charge is 2.22. The van der Waals surface area contributed by atoms with E-state index in [1.54, 1.807) is 0 Å². The molecule has 1 aliphatic heterocycles. The van der Waals surface area contributed by atoms with Crippen molar-refractivity contribution in [3.05, 3.63) is 65.5 Å². The molecule has 1 aliphatic rings. The predicted octanol–water partition coefficient (Wildman–Crippen LogP) is 2.93. The Labute approximate surface area is 153 Å². The molecule has 0 saturated carbocycles. The highest BCUT2D eigenvalue weighted by molar-refractivity contribution is 5.92. The summed E-state index contributed by atoms with van der Waals surface area (Å²) in [6, 6.07) is 14.6. The van der Waals surface area contributed by atoms with E-state index >= 15 is 0 Å². The summed E-state index contributed by atoms with van der Waals surface area (Å²) >= 11 is 0. The molecule has 1 saturated heterocycles. The lowest BCUT2D eigenvalue weighted by Crippen LogP contribution is -2.40. The standard InChI is InChI=1S/C20H25FN4O/c1-15-2-8-18(9-3-15)24-20(22)23-14-19(25-10-12-26-13-11-25)16-4-6-17(21)7-5-16/h2-9,19H,10-14H2,1H3,(H3,22,23,24). The first kappa shape index (κ1) is 18.4. The topological polar surface area (TPSA) is 62.9 Å². The number of halogens is 1. The van der Waals surface area contributed by atoms with E-state index in [2.05, 4.69) is 15.2 Å². The number of ether oxygens (including phenoxy) is 1. The molecule has 1 unspecified atom stereocenters. The number of aryl methyl sites for hydroxylation is 1. The quantitative estimate of drug-likeness (QED) is 0.639. The molecule has 3 N–H and O–H groups in total. The molecule has 1 heterocycles. The van der Waals surface area contributed by atoms with Crippen molar-refractivity contribution in [2.24, 2.45) is 10.7 Å². The SMILES string of the molecule is Cc1ccc(NC(N)=NCC(c2ccc(F)cc2)N2CCOCC2)cc1. The number of morpholine rings is 1. The van der Waals surface area contributed by atoms with Gasteiger partial charge < -0.3 is 15.8 Å². The van der Waals surface area contributed by atoms with E-state index in [1.807, 2.05) is 43.3 Å². The predicted molar refractivity (Wildman–Crippen MR) is 103 cm³/mol. The number of hydrogen-bond acceptors (Lipinski definition) is 3. The van der Waals surface area contributed by atoms with Crippen LogP contribution in [0.5, 0.6) is 0 Å². The van der Waals surface area contributed by atoms with Gasteiger partial charge in [0.15, 0.2) is 5.96 Å². The highest BCUT2D eigenvalue weighted by atomic mass is 19.1. The molecule has 1 fully saturated rings. The van der Waals surface area contributed by atoms with Gasteiger partial charge in [0.1, 0.15) is 5.82 Å². The lowest BCUT2D eigenvalue weighted by atomic mass is 10.0. The van der Waals surface area contributed by atoms with Crippen LogP contribution < -0.4 is 11.1 Å². The average Bonchev–Trinajstić information content (AvgIpc) is 2.66. The first-order valence-corrected chi connectivity index (χ1v) is 8.83. The third-order valence-corrected chi connectivity index (χ3v) is 4.50. The van der Waals surface area contributed by atoms with Crippen molar-refractivity contribution in [3.63, 3.8) is 0 Å². The van der Waals surface area contributed by atoms with Gasteiger partial charge >= 0.3 is 0 Å². The largest absolute Gasteiger partial charge is 0.379 e. The van der Waals surface area contributed by atoms with Gasteiger partial charge in [-0.25, -0.2) is 4.39 Å². The summed E-state index contributed by atoms with van der Waals surface area (Å²) in [4.78, 5) is 6.83. The Bertz CT molecular complexity index is 724. The number of guanidine groups is 1. The van der Waals surface area contributed by atoms with Crippen molar-refractivity contribution in [2.45, 2.75) is 13.0 Å². The van der Waals surface area contributed by atoms with Gasteiger partial charge in [0, 0.05) is 18.8 Å². The molecule has 138 valence electrons. The fraction of sp³-hybridized carbons (Fsp3) is 0.350. The number of hydrogen-bond donors (Lipinski definition) is 2. The Morgan fingerprint density at radius 1 is 1.15 bits per heavy atom. The molecule has 2 aromatic carbocycles. The lowest BCUT2D eigenvalue weighted by molar-refractivity contribution is 0.0180. The number of benzene rings is 2. The fourth-order valence-electron chi connectivity index (χ4n) is 3.01. The molecule has 1 atom stereocenters. The third-order valence-electron chi connectivity index (χ3n) is 4.50. The lowest BCUT2D eigenvalue weighted by Gasteiger charge is -2.34. The highest BCUT2D eigenvalue weighted by Crippen LogP contribution is 2.23. The van der Waals surface area contributed by atoms with E-state index in [9.17, 15) is 4.39 Å². The van der Waals surface area contributed by atoms with Gasteiger partial charge in [0.05, 0.1) is 25.8 Å². The Morgan fingerprint density at radius 2 is 1.81 bits per heavy atom. The normalized spacial score (nSPS) is 17.1. The molecule has 0 aromatic heterocycles. The third kappa shape index (κ3) is 5.03. The van der Waals surface area contributed by atoms with Crippen molar-refractivity contribution in [2.75, 3.05) is 38.2 Å². The number of anilines is 1. The molecular formula is C20H25FN4O. The summed E-state index contributed by atoms with van der Waals surface area (Å²) in [5.41, 5.74) is 9.18. The molecule has 0 spiro atoms. The molecule has 3 rings (SSSR count). The molecule has 0 bridgehead atoms. The zero-order valence-corrected chi connectivity index (χ0v) is 15.0. The van der Waals surface area contributed by atoms with Crippen LogP contribution in [-0.2, 0) is 4.74 Å². The van der Waals surface area contributed by atoms with Gasteiger partial charge in [-0.15, -0.1) is 0 Å². The number of nitrogens with two attached hydrogens (primary N) is 1. The molecule has 5 nitrogen and oxygen atoms in total. The van der Waals surface area contributed by atoms with Crippen molar-refractivity contribution in [1.29, 1.82) is 0 Å². The number of nitrogens with zero attached hydrogens (tertiary/aromatic N) is 2. The molecule has 6 heteroatoms. The minimum Gasteiger partial charge on any atom is -0.379 e. The minimum absolute atomic E-state index is 0.0397. The number of nitrogens with one attached hydrogen (secondary N) is 1. The first-order valence-electron chi connectivity index (χ1n) is 8.83. The van der Waals surface area contributed by atoms with Crippen LogP contribution in [0.3, 0.4) is 0 Å². The Kier molecular flexibility index (Phi) is 6.20. The summed E-state index contributed by atoms with van der Waals surface area (Å²) < 4.78 is 18.7. The maximum absolute atomic E-state index is 13.3. The Hall–Kier alpha value is -2.44. The van der Waals surface area contributed by atoms with Crippen LogP contribution in [0.4, 0.5) is 10.1 Å². The van der Waals surface area contributed by atoms with E-state index < -0.39 is 0 Å². The summed E-state index contributed by atoms with van der Waals surface area (Å²) in [5, 5.41) is 3.11. The van der Waals surface area contributed by atoms with E-state index in [0.717, 1.165) is 24.3 Å². The van der Waals surface area contributed by atoms with Crippen LogP contribution in [0.1, 0.15) is 17.2 Å². The van der Waals surface area contributed by atoms with E-state index in [4.69, 9.17) is 10.5 Å². The van der Waals surface area contributed by atoms with Gasteiger partial charge in [0.25, 0.3) is 0 Å². The molecule has 0 aliphatic carbocycles. The van der Waals surface area contributed by atoms with Gasteiger partial charge in [0.2, 0.25) is 0 Å². The smallest absolute Gasteiger partial charge is 0.193 e. The summed E-state index contributed by atoms with van der Waals surface area (Å²) in [6.07, 6.45) is 0. The van der Waals surface area contributed by atoms with Gasteiger partial charge in [-0.1, -0.05) is 29.8 Å². The van der Waals surface area contributed by atoms with Crippen LogP contribution in [0.15, 0.2) is 53.5 Å². The summed E-state index contributed by atoms with van der Waals surface area (Å²) in [5.74, 6) is 0.132. The van der Waals surface area contributed by atoms with Gasteiger partial charge in [-0.2, -0.15) is 0 Å². The van der Waals surface area contributed by atoms with E-state index in [1.165, 1.54) is 17.7 Å². The van der Waals surface area contributed by atoms with Crippen molar-refractivity contribution >= 4 is 11.6 Å². The van der Waals surface area contributed by atoms with Crippen LogP contribution in [0, 0.1) is 12.7 Å². The zero-order chi connectivity index (χ0) is 18.4. The van der Waals surface area contributed by atoms with E-state index in [-0.39, 0.29) is 11.9 Å². The Morgan fingerprint density at radius 3 is 2.46 bits per heavy atom. The van der Waals surface area contributed by atoms with Gasteiger partial charge in [-0.3, -0.25) is 9.89 Å². The molecular weight excluding hydrogens is 331 g/mol. The number of rotatable bonds is 5. The van der Waals surface area contributed by atoms with Gasteiger partial charge in [-0.05, 0) is 36.8 Å². The van der Waals surface area contributed by atoms with Crippen LogP contribution in [0.25, 0.3) is 0 Å². The average molecular weight is 356 g/mol. The number of aliphatic imine (C=N–C) groups is 1. The summed E-state index contributed by atoms with van der Waals surface area (Å²) in [7, 11) is 0. The molecule has 0 radical (unpaired) electrons. The van der Waals surface area contributed by atoms with Crippen molar-refractivity contribution in [3.8, 4) is 0 Å². The van der Waals surface area contributed by atoms with Crippen LogP contribution in [-0.4, -0.2) is 43.7 Å². The van der Waals surface area contributed by atoms with E-state index in [0.29, 0.717) is 25.7 Å². The monoisotopic (exact) mass is 356 g/mol. The Balaban J connectivity index is 1.71. The van der Waals surface area contributed by atoms with Crippen LogP contribution >= 0.6 is 0 Å². The second-order valence-corrected chi connectivity index (χ2v) is 6.43. The summed E-state index contributed by atoms with van der Waals surface area (Å²) in [6.45, 7) is 5.57. The maximum Gasteiger partial charge on any atom is 0.193 e. The molecule has 2 aromatic rings. The van der Waals surface area contributed by atoms with Crippen molar-refractivity contribution < 1.29 is 9.13 Å². The molecule has 0 amide bonds.